The van der Waals surface area contributed by atoms with Crippen LogP contribution in [0, 0.1) is 0 Å². The van der Waals surface area contributed by atoms with Crippen molar-refractivity contribution in [3.63, 3.8) is 0 Å². The van der Waals surface area contributed by atoms with Crippen molar-refractivity contribution in [2.45, 2.75) is 13.8 Å². The molecule has 0 spiro atoms. The Morgan fingerprint density at radius 1 is 1.47 bits per heavy atom. The van der Waals surface area contributed by atoms with Gasteiger partial charge in [0.2, 0.25) is 5.89 Å². The highest BCUT2D eigenvalue weighted by atomic mass is 16.5. The Labute approximate surface area is 98.5 Å². The third-order valence-electron chi connectivity index (χ3n) is 2.25. The summed E-state index contributed by atoms with van der Waals surface area (Å²) in [4.78, 5) is 15.9. The second-order valence-electron chi connectivity index (χ2n) is 3.54. The molecule has 88 valence electrons. The van der Waals surface area contributed by atoms with Crippen LogP contribution < -0.4 is 5.63 Å². The molecule has 17 heavy (non-hydrogen) atoms. The summed E-state index contributed by atoms with van der Waals surface area (Å²) < 4.78 is 10.3. The van der Waals surface area contributed by atoms with Crippen molar-refractivity contribution in [1.82, 2.24) is 4.98 Å². The smallest absolute Gasteiger partial charge is 0.347 e. The highest BCUT2D eigenvalue weighted by molar-refractivity contribution is 5.77. The topological polar surface area (TPSA) is 52.3 Å². The van der Waals surface area contributed by atoms with Crippen LogP contribution in [0.3, 0.4) is 0 Å². The second kappa shape index (κ2) is 4.82. The fourth-order valence-electron chi connectivity index (χ4n) is 1.54. The molecule has 2 rings (SSSR count). The van der Waals surface area contributed by atoms with Gasteiger partial charge in [0.25, 0.3) is 0 Å². The molecule has 0 atom stereocenters. The molecule has 1 aromatic heterocycles. The number of ether oxygens (including phenoxy) is 1. The maximum atomic E-state index is 11.7. The first kappa shape index (κ1) is 11.4. The molecule has 0 saturated carbocycles. The van der Waals surface area contributed by atoms with E-state index in [1.165, 1.54) is 0 Å². The van der Waals surface area contributed by atoms with Crippen LogP contribution in [0.2, 0.25) is 0 Å². The summed E-state index contributed by atoms with van der Waals surface area (Å²) in [7, 11) is 0. The molecule has 1 heterocycles. The third-order valence-corrected chi connectivity index (χ3v) is 2.25. The number of rotatable bonds is 3. The third kappa shape index (κ3) is 2.53. The molecule has 4 heteroatoms. The summed E-state index contributed by atoms with van der Waals surface area (Å²) in [5.41, 5.74) is 0.241. The molecule has 0 unspecified atom stereocenters. The van der Waals surface area contributed by atoms with Gasteiger partial charge in [-0.2, -0.15) is 0 Å². The standard InChI is InChI=1S/C13H13NO3/c1-3-16-9(2)8-12-14-11-7-5-4-6-10(11)13(15)17-12/h4-8H,3H2,1-2H3. The van der Waals surface area contributed by atoms with E-state index in [0.29, 0.717) is 23.3 Å². The second-order valence-corrected chi connectivity index (χ2v) is 3.54. The molecule has 0 aliphatic rings. The Balaban J connectivity index is 2.51. The van der Waals surface area contributed by atoms with Crippen molar-refractivity contribution in [3.8, 4) is 0 Å². The number of aromatic nitrogens is 1. The van der Waals surface area contributed by atoms with Gasteiger partial charge in [0.15, 0.2) is 0 Å². The number of allylic oxidation sites excluding steroid dienone is 1. The van der Waals surface area contributed by atoms with Gasteiger partial charge in [-0.05, 0) is 26.0 Å². The summed E-state index contributed by atoms with van der Waals surface area (Å²) in [6, 6.07) is 7.08. The summed E-state index contributed by atoms with van der Waals surface area (Å²) in [6.07, 6.45) is 1.61. The number of para-hydroxylation sites is 1. The Morgan fingerprint density at radius 2 is 2.24 bits per heavy atom. The van der Waals surface area contributed by atoms with Crippen LogP contribution in [0.25, 0.3) is 17.0 Å². The number of hydrogen-bond donors (Lipinski definition) is 0. The minimum atomic E-state index is -0.383. The predicted octanol–water partition coefficient (Wildman–Crippen LogP) is 2.59. The maximum Gasteiger partial charge on any atom is 0.347 e. The SMILES string of the molecule is CCOC(C)=Cc1nc2ccccc2c(=O)o1. The van der Waals surface area contributed by atoms with E-state index >= 15 is 0 Å². The quantitative estimate of drug-likeness (QED) is 0.762. The Morgan fingerprint density at radius 3 is 3.00 bits per heavy atom. The van der Waals surface area contributed by atoms with Crippen LogP contribution in [-0.4, -0.2) is 11.6 Å². The minimum absolute atomic E-state index is 0.264. The Hall–Kier alpha value is -2.10. The van der Waals surface area contributed by atoms with E-state index in [9.17, 15) is 4.79 Å². The van der Waals surface area contributed by atoms with Crippen LogP contribution >= 0.6 is 0 Å². The lowest BCUT2D eigenvalue weighted by molar-refractivity contribution is 0.234. The first-order valence-corrected chi connectivity index (χ1v) is 5.41. The molecular weight excluding hydrogens is 218 g/mol. The van der Waals surface area contributed by atoms with Crippen LogP contribution in [0.1, 0.15) is 19.7 Å². The van der Waals surface area contributed by atoms with Gasteiger partial charge in [0.1, 0.15) is 0 Å². The van der Waals surface area contributed by atoms with Gasteiger partial charge in [0, 0.05) is 6.08 Å². The molecule has 2 aromatic rings. The molecule has 0 fully saturated rings. The first-order chi connectivity index (χ1) is 8.20. The first-order valence-electron chi connectivity index (χ1n) is 5.41. The molecule has 4 nitrogen and oxygen atoms in total. The van der Waals surface area contributed by atoms with Crippen molar-refractivity contribution < 1.29 is 9.15 Å². The molecule has 0 radical (unpaired) electrons. The van der Waals surface area contributed by atoms with E-state index in [4.69, 9.17) is 9.15 Å². The lowest BCUT2D eigenvalue weighted by Crippen LogP contribution is -2.03. The van der Waals surface area contributed by atoms with Crippen molar-refractivity contribution >= 4 is 17.0 Å². The lowest BCUT2D eigenvalue weighted by Gasteiger charge is -2.01. The largest absolute Gasteiger partial charge is 0.498 e. The molecule has 1 aromatic carbocycles. The van der Waals surface area contributed by atoms with E-state index in [0.717, 1.165) is 0 Å². The lowest BCUT2D eigenvalue weighted by atomic mass is 10.2. The van der Waals surface area contributed by atoms with Gasteiger partial charge >= 0.3 is 5.63 Å². The fourth-order valence-corrected chi connectivity index (χ4v) is 1.54. The zero-order chi connectivity index (χ0) is 12.3. The number of fused-ring (bicyclic) bond motifs is 1. The molecule has 0 saturated heterocycles. The van der Waals surface area contributed by atoms with Crippen molar-refractivity contribution in [1.29, 1.82) is 0 Å². The molecular formula is C13H13NO3. The van der Waals surface area contributed by atoms with E-state index in [1.807, 2.05) is 13.0 Å². The molecule has 0 N–H and O–H groups in total. The molecule has 0 aliphatic heterocycles. The van der Waals surface area contributed by atoms with E-state index in [-0.39, 0.29) is 11.5 Å². The van der Waals surface area contributed by atoms with Crippen LogP contribution in [0.5, 0.6) is 0 Å². The highest BCUT2D eigenvalue weighted by Crippen LogP contribution is 2.10. The molecule has 0 aliphatic carbocycles. The normalized spacial score (nSPS) is 11.8. The van der Waals surface area contributed by atoms with Gasteiger partial charge in [-0.25, -0.2) is 9.78 Å². The average molecular weight is 231 g/mol. The van der Waals surface area contributed by atoms with Crippen molar-refractivity contribution in [2.75, 3.05) is 6.61 Å². The number of benzene rings is 1. The zero-order valence-corrected chi connectivity index (χ0v) is 9.77. The highest BCUT2D eigenvalue weighted by Gasteiger charge is 2.03. The molecule has 0 amide bonds. The summed E-state index contributed by atoms with van der Waals surface area (Å²) >= 11 is 0. The zero-order valence-electron chi connectivity index (χ0n) is 9.77. The average Bonchev–Trinajstić information content (AvgIpc) is 2.29. The minimum Gasteiger partial charge on any atom is -0.498 e. The van der Waals surface area contributed by atoms with Crippen LogP contribution in [0.15, 0.2) is 39.2 Å². The fraction of sp³-hybridized carbons (Fsp3) is 0.231. The van der Waals surface area contributed by atoms with Crippen LogP contribution in [0.4, 0.5) is 0 Å². The van der Waals surface area contributed by atoms with Crippen molar-refractivity contribution in [2.24, 2.45) is 0 Å². The summed E-state index contributed by atoms with van der Waals surface area (Å²) in [5, 5.41) is 0.485. The molecule has 0 bridgehead atoms. The van der Waals surface area contributed by atoms with E-state index in [1.54, 1.807) is 31.2 Å². The van der Waals surface area contributed by atoms with E-state index < -0.39 is 0 Å². The van der Waals surface area contributed by atoms with Gasteiger partial charge in [-0.3, -0.25) is 0 Å². The predicted molar refractivity (Wildman–Crippen MR) is 65.6 cm³/mol. The Kier molecular flexibility index (Phi) is 3.23. The number of nitrogens with zero attached hydrogens (tertiary/aromatic N) is 1. The summed E-state index contributed by atoms with van der Waals surface area (Å²) in [5.74, 6) is 0.929. The van der Waals surface area contributed by atoms with Crippen molar-refractivity contribution in [3.05, 3.63) is 46.3 Å². The van der Waals surface area contributed by atoms with Gasteiger partial charge < -0.3 is 9.15 Å². The maximum absolute atomic E-state index is 11.7. The summed E-state index contributed by atoms with van der Waals surface area (Å²) in [6.45, 7) is 4.25. The van der Waals surface area contributed by atoms with Gasteiger partial charge in [0.05, 0.1) is 23.3 Å². The monoisotopic (exact) mass is 231 g/mol. The van der Waals surface area contributed by atoms with Crippen LogP contribution in [-0.2, 0) is 4.74 Å². The Bertz CT molecular complexity index is 613. The van der Waals surface area contributed by atoms with Gasteiger partial charge in [-0.1, -0.05) is 12.1 Å². The van der Waals surface area contributed by atoms with E-state index in [2.05, 4.69) is 4.98 Å². The number of hydrogen-bond acceptors (Lipinski definition) is 4. The van der Waals surface area contributed by atoms with Gasteiger partial charge in [-0.15, -0.1) is 0 Å².